The Morgan fingerprint density at radius 3 is 2.59 bits per heavy atom. The van der Waals surface area contributed by atoms with E-state index in [1.807, 2.05) is 35.6 Å². The van der Waals surface area contributed by atoms with Gasteiger partial charge in [0.1, 0.15) is 0 Å². The molecule has 120 valence electrons. The topological polar surface area (TPSA) is 41.4 Å². The third-order valence-corrected chi connectivity index (χ3v) is 4.00. The van der Waals surface area contributed by atoms with Gasteiger partial charge in [0, 0.05) is 50.2 Å². The van der Waals surface area contributed by atoms with E-state index in [1.165, 1.54) is 10.5 Å². The molecule has 1 heterocycles. The summed E-state index contributed by atoms with van der Waals surface area (Å²) >= 11 is 1.84. The molecular formula is C16H23IN4S. The zero-order chi connectivity index (χ0) is 14.9. The number of thioether (sulfide) groups is 1. The quantitative estimate of drug-likeness (QED) is 0.243. The van der Waals surface area contributed by atoms with Crippen LogP contribution in [-0.2, 0) is 13.6 Å². The first-order valence-electron chi connectivity index (χ1n) is 7.01. The van der Waals surface area contributed by atoms with Crippen molar-refractivity contribution in [1.82, 2.24) is 15.2 Å². The van der Waals surface area contributed by atoms with Gasteiger partial charge < -0.3 is 15.2 Å². The monoisotopic (exact) mass is 430 g/mol. The van der Waals surface area contributed by atoms with E-state index in [-0.39, 0.29) is 24.0 Å². The average molecular weight is 430 g/mol. The van der Waals surface area contributed by atoms with Gasteiger partial charge in [0.05, 0.1) is 0 Å². The first-order valence-corrected chi connectivity index (χ1v) is 7.99. The van der Waals surface area contributed by atoms with E-state index in [9.17, 15) is 0 Å². The number of hydrogen-bond acceptors (Lipinski definition) is 2. The lowest BCUT2D eigenvalue weighted by atomic mass is 10.3. The lowest BCUT2D eigenvalue weighted by molar-refractivity contribution is 0.827. The Bertz CT molecular complexity index is 569. The highest BCUT2D eigenvalue weighted by Crippen LogP contribution is 2.15. The average Bonchev–Trinajstić information content (AvgIpc) is 2.93. The van der Waals surface area contributed by atoms with Gasteiger partial charge in [-0.05, 0) is 23.8 Å². The molecule has 22 heavy (non-hydrogen) atoms. The van der Waals surface area contributed by atoms with Gasteiger partial charge in [0.2, 0.25) is 0 Å². The Kier molecular flexibility index (Phi) is 9.07. The van der Waals surface area contributed by atoms with Crippen molar-refractivity contribution in [3.63, 3.8) is 0 Å². The predicted octanol–water partition coefficient (Wildman–Crippen LogP) is 3.10. The number of aryl methyl sites for hydroxylation is 1. The second kappa shape index (κ2) is 10.6. The SMILES string of the molecule is CN=C(NCCSc1ccccc1)NCc1ccn(C)c1.I. The number of rotatable bonds is 6. The number of guanidine groups is 1. The van der Waals surface area contributed by atoms with Gasteiger partial charge in [-0.25, -0.2) is 0 Å². The Labute approximate surface area is 153 Å². The fourth-order valence-corrected chi connectivity index (χ4v) is 2.72. The van der Waals surface area contributed by atoms with Crippen LogP contribution < -0.4 is 10.6 Å². The van der Waals surface area contributed by atoms with Crippen LogP contribution in [0.3, 0.4) is 0 Å². The van der Waals surface area contributed by atoms with E-state index < -0.39 is 0 Å². The fraction of sp³-hybridized carbons (Fsp3) is 0.312. The minimum absolute atomic E-state index is 0. The molecule has 0 amide bonds. The van der Waals surface area contributed by atoms with Gasteiger partial charge in [-0.2, -0.15) is 0 Å². The summed E-state index contributed by atoms with van der Waals surface area (Å²) in [6.07, 6.45) is 4.15. The molecule has 2 N–H and O–H groups in total. The van der Waals surface area contributed by atoms with E-state index in [2.05, 4.69) is 52.2 Å². The maximum atomic E-state index is 4.23. The third kappa shape index (κ3) is 6.74. The standard InChI is InChI=1S/C16H22N4S.HI/c1-17-16(19-12-14-8-10-20(2)13-14)18-9-11-21-15-6-4-3-5-7-15;/h3-8,10,13H,9,11-12H2,1-2H3,(H2,17,18,19);1H. The summed E-state index contributed by atoms with van der Waals surface area (Å²) in [5, 5.41) is 6.64. The van der Waals surface area contributed by atoms with E-state index in [1.54, 1.807) is 7.05 Å². The maximum Gasteiger partial charge on any atom is 0.191 e. The zero-order valence-electron chi connectivity index (χ0n) is 13.0. The number of hydrogen-bond donors (Lipinski definition) is 2. The molecule has 1 aromatic heterocycles. The summed E-state index contributed by atoms with van der Waals surface area (Å²) in [4.78, 5) is 5.53. The van der Waals surface area contributed by atoms with Crippen LogP contribution in [0.25, 0.3) is 0 Å². The van der Waals surface area contributed by atoms with Crippen LogP contribution in [0, 0.1) is 0 Å². The molecule has 2 aromatic rings. The van der Waals surface area contributed by atoms with Crippen LogP contribution in [0.5, 0.6) is 0 Å². The molecule has 0 saturated carbocycles. The number of nitrogens with zero attached hydrogens (tertiary/aromatic N) is 2. The zero-order valence-corrected chi connectivity index (χ0v) is 16.1. The normalized spacial score (nSPS) is 10.9. The largest absolute Gasteiger partial charge is 0.357 e. The van der Waals surface area contributed by atoms with E-state index in [4.69, 9.17) is 0 Å². The van der Waals surface area contributed by atoms with Gasteiger partial charge in [-0.3, -0.25) is 4.99 Å². The third-order valence-electron chi connectivity index (χ3n) is 2.98. The predicted molar refractivity (Wildman–Crippen MR) is 106 cm³/mol. The molecule has 6 heteroatoms. The van der Waals surface area contributed by atoms with Gasteiger partial charge in [0.25, 0.3) is 0 Å². The van der Waals surface area contributed by atoms with Crippen molar-refractivity contribution in [2.24, 2.45) is 12.0 Å². The highest BCUT2D eigenvalue weighted by Gasteiger charge is 1.99. The lowest BCUT2D eigenvalue weighted by Gasteiger charge is -2.11. The summed E-state index contributed by atoms with van der Waals surface area (Å²) in [7, 11) is 3.82. The summed E-state index contributed by atoms with van der Waals surface area (Å²) < 4.78 is 2.05. The summed E-state index contributed by atoms with van der Waals surface area (Å²) in [5.41, 5.74) is 1.25. The first kappa shape index (κ1) is 18.9. The van der Waals surface area contributed by atoms with Crippen molar-refractivity contribution in [3.8, 4) is 0 Å². The fourth-order valence-electron chi connectivity index (χ4n) is 1.93. The van der Waals surface area contributed by atoms with Crippen LogP contribution in [0.1, 0.15) is 5.56 Å². The van der Waals surface area contributed by atoms with Crippen molar-refractivity contribution in [3.05, 3.63) is 54.4 Å². The molecule has 0 atom stereocenters. The number of aliphatic imine (C=N–C) groups is 1. The van der Waals surface area contributed by atoms with Crippen LogP contribution >= 0.6 is 35.7 Å². The molecule has 0 aliphatic rings. The molecule has 0 unspecified atom stereocenters. The van der Waals surface area contributed by atoms with E-state index in [0.29, 0.717) is 0 Å². The van der Waals surface area contributed by atoms with Crippen molar-refractivity contribution in [1.29, 1.82) is 0 Å². The maximum absolute atomic E-state index is 4.23. The summed E-state index contributed by atoms with van der Waals surface area (Å²) in [6, 6.07) is 12.5. The second-order valence-corrected chi connectivity index (χ2v) is 5.87. The van der Waals surface area contributed by atoms with Gasteiger partial charge in [-0.15, -0.1) is 35.7 Å². The molecule has 0 aliphatic heterocycles. The van der Waals surface area contributed by atoms with Crippen LogP contribution in [0.4, 0.5) is 0 Å². The Morgan fingerprint density at radius 2 is 1.95 bits per heavy atom. The van der Waals surface area contributed by atoms with E-state index in [0.717, 1.165) is 24.8 Å². The van der Waals surface area contributed by atoms with Gasteiger partial charge in [0.15, 0.2) is 5.96 Å². The molecule has 0 fully saturated rings. The van der Waals surface area contributed by atoms with Crippen molar-refractivity contribution < 1.29 is 0 Å². The minimum Gasteiger partial charge on any atom is -0.357 e. The molecule has 0 aliphatic carbocycles. The smallest absolute Gasteiger partial charge is 0.191 e. The molecule has 4 nitrogen and oxygen atoms in total. The molecule has 0 radical (unpaired) electrons. The Hall–Kier alpha value is -1.15. The van der Waals surface area contributed by atoms with Crippen LogP contribution in [0.15, 0.2) is 58.7 Å². The number of benzene rings is 1. The molecule has 0 spiro atoms. The highest BCUT2D eigenvalue weighted by molar-refractivity contribution is 14.0. The number of nitrogens with one attached hydrogen (secondary N) is 2. The molecular weight excluding hydrogens is 407 g/mol. The first-order chi connectivity index (χ1) is 10.3. The molecule has 0 bridgehead atoms. The van der Waals surface area contributed by atoms with Gasteiger partial charge in [-0.1, -0.05) is 18.2 Å². The second-order valence-electron chi connectivity index (χ2n) is 4.70. The van der Waals surface area contributed by atoms with Crippen LogP contribution in [0.2, 0.25) is 0 Å². The minimum atomic E-state index is 0. The van der Waals surface area contributed by atoms with Crippen molar-refractivity contribution in [2.75, 3.05) is 19.3 Å². The number of halogens is 1. The van der Waals surface area contributed by atoms with Crippen molar-refractivity contribution >= 4 is 41.7 Å². The molecule has 2 rings (SSSR count). The highest BCUT2D eigenvalue weighted by atomic mass is 127. The van der Waals surface area contributed by atoms with E-state index >= 15 is 0 Å². The van der Waals surface area contributed by atoms with Crippen molar-refractivity contribution in [2.45, 2.75) is 11.4 Å². The summed E-state index contributed by atoms with van der Waals surface area (Å²) in [5.74, 6) is 1.85. The number of aromatic nitrogens is 1. The lowest BCUT2D eigenvalue weighted by Crippen LogP contribution is -2.37. The molecule has 0 saturated heterocycles. The van der Waals surface area contributed by atoms with Crippen LogP contribution in [-0.4, -0.2) is 29.9 Å². The van der Waals surface area contributed by atoms with Gasteiger partial charge >= 0.3 is 0 Å². The Balaban J connectivity index is 0.00000242. The Morgan fingerprint density at radius 1 is 1.18 bits per heavy atom. The summed E-state index contributed by atoms with van der Waals surface area (Å²) in [6.45, 7) is 1.67. The molecule has 1 aromatic carbocycles.